The van der Waals surface area contributed by atoms with Crippen molar-refractivity contribution in [3.63, 3.8) is 0 Å². The predicted octanol–water partition coefficient (Wildman–Crippen LogP) is 3.22. The van der Waals surface area contributed by atoms with Crippen LogP contribution in [-0.2, 0) is 16.1 Å². The maximum Gasteiger partial charge on any atom is 0.243 e. The van der Waals surface area contributed by atoms with Gasteiger partial charge in [0.15, 0.2) is 0 Å². The molecule has 2 amide bonds. The first-order valence-electron chi connectivity index (χ1n) is 12.4. The number of nitrogens with zero attached hydrogens (tertiary/aromatic N) is 4. The van der Waals surface area contributed by atoms with E-state index in [0.717, 1.165) is 70.4 Å². The summed E-state index contributed by atoms with van der Waals surface area (Å²) in [5.74, 6) is 0.547. The number of pyridine rings is 1. The smallest absolute Gasteiger partial charge is 0.243 e. The molecule has 5 rings (SSSR count). The van der Waals surface area contributed by atoms with Gasteiger partial charge >= 0.3 is 0 Å². The van der Waals surface area contributed by atoms with Gasteiger partial charge in [-0.3, -0.25) is 19.5 Å². The molecule has 1 unspecified atom stereocenters. The molecule has 6 heteroatoms. The average molecular weight is 425 g/mol. The quantitative estimate of drug-likeness (QED) is 0.745. The van der Waals surface area contributed by atoms with Crippen molar-refractivity contribution in [3.8, 4) is 0 Å². The Labute approximate surface area is 186 Å². The number of aromatic nitrogens is 1. The van der Waals surface area contributed by atoms with E-state index in [1.165, 1.54) is 25.7 Å². The normalized spacial score (nSPS) is 29.1. The zero-order chi connectivity index (χ0) is 21.3. The maximum absolute atomic E-state index is 14.0. The lowest BCUT2D eigenvalue weighted by atomic mass is 9.78. The summed E-state index contributed by atoms with van der Waals surface area (Å²) in [6.07, 6.45) is 12.7. The summed E-state index contributed by atoms with van der Waals surface area (Å²) in [5.41, 5.74) is 0.256. The third-order valence-electron chi connectivity index (χ3n) is 8.36. The van der Waals surface area contributed by atoms with E-state index in [0.29, 0.717) is 19.0 Å². The lowest BCUT2D eigenvalue weighted by Crippen LogP contribution is -2.61. The average Bonchev–Trinajstić information content (AvgIpc) is 3.40. The Balaban J connectivity index is 1.30. The van der Waals surface area contributed by atoms with Crippen LogP contribution < -0.4 is 0 Å². The van der Waals surface area contributed by atoms with E-state index < -0.39 is 0 Å². The Bertz CT molecular complexity index is 801. The van der Waals surface area contributed by atoms with Gasteiger partial charge < -0.3 is 9.80 Å². The zero-order valence-corrected chi connectivity index (χ0v) is 18.7. The van der Waals surface area contributed by atoms with E-state index in [2.05, 4.69) is 14.8 Å². The van der Waals surface area contributed by atoms with Crippen LogP contribution in [0.1, 0.15) is 69.9 Å². The molecule has 168 valence electrons. The van der Waals surface area contributed by atoms with Gasteiger partial charge in [-0.15, -0.1) is 0 Å². The molecule has 6 nitrogen and oxygen atoms in total. The van der Waals surface area contributed by atoms with Gasteiger partial charge in [0.2, 0.25) is 11.8 Å². The van der Waals surface area contributed by atoms with Gasteiger partial charge in [-0.1, -0.05) is 31.7 Å². The second-order valence-electron chi connectivity index (χ2n) is 10.2. The van der Waals surface area contributed by atoms with Crippen LogP contribution in [0, 0.1) is 5.41 Å². The van der Waals surface area contributed by atoms with Crippen LogP contribution in [0.5, 0.6) is 0 Å². The highest BCUT2D eigenvalue weighted by Crippen LogP contribution is 2.44. The number of hydrogen-bond donors (Lipinski definition) is 0. The molecule has 1 saturated carbocycles. The molecule has 0 aromatic carbocycles. The number of piperidine rings is 1. The van der Waals surface area contributed by atoms with Crippen LogP contribution >= 0.6 is 0 Å². The molecule has 4 fully saturated rings. The minimum absolute atomic E-state index is 0.226. The van der Waals surface area contributed by atoms with E-state index in [9.17, 15) is 9.59 Å². The molecule has 1 aromatic heterocycles. The van der Waals surface area contributed by atoms with Crippen LogP contribution in [0.25, 0.3) is 0 Å². The van der Waals surface area contributed by atoms with Gasteiger partial charge in [0, 0.05) is 25.8 Å². The number of likely N-dealkylation sites (tertiary alicyclic amines) is 3. The Morgan fingerprint density at radius 3 is 2.39 bits per heavy atom. The minimum Gasteiger partial charge on any atom is -0.340 e. The number of hydrogen-bond acceptors (Lipinski definition) is 4. The summed E-state index contributed by atoms with van der Waals surface area (Å²) in [7, 11) is 0. The Morgan fingerprint density at radius 1 is 0.903 bits per heavy atom. The van der Waals surface area contributed by atoms with Crippen molar-refractivity contribution in [3.05, 3.63) is 30.1 Å². The highest BCUT2D eigenvalue weighted by Gasteiger charge is 2.55. The van der Waals surface area contributed by atoms with Crippen LogP contribution in [0.2, 0.25) is 0 Å². The summed E-state index contributed by atoms with van der Waals surface area (Å²) in [6, 6.07) is 5.85. The van der Waals surface area contributed by atoms with Gasteiger partial charge in [0.1, 0.15) is 5.54 Å². The van der Waals surface area contributed by atoms with Crippen LogP contribution in [-0.4, -0.2) is 69.8 Å². The van der Waals surface area contributed by atoms with Crippen molar-refractivity contribution in [2.45, 2.75) is 76.3 Å². The van der Waals surface area contributed by atoms with Crippen LogP contribution in [0.4, 0.5) is 0 Å². The lowest BCUT2D eigenvalue weighted by Gasteiger charge is -2.48. The topological polar surface area (TPSA) is 56.8 Å². The largest absolute Gasteiger partial charge is 0.340 e. The van der Waals surface area contributed by atoms with E-state index in [1.54, 1.807) is 6.20 Å². The lowest BCUT2D eigenvalue weighted by molar-refractivity contribution is -0.148. The van der Waals surface area contributed by atoms with Crippen molar-refractivity contribution < 1.29 is 9.59 Å². The molecule has 0 N–H and O–H groups in total. The molecular formula is C25H36N4O2. The molecule has 1 aromatic rings. The van der Waals surface area contributed by atoms with Crippen LogP contribution in [0.15, 0.2) is 24.4 Å². The molecule has 31 heavy (non-hydrogen) atoms. The first-order chi connectivity index (χ1) is 15.1. The summed E-state index contributed by atoms with van der Waals surface area (Å²) in [5, 5.41) is 0. The van der Waals surface area contributed by atoms with E-state index in [-0.39, 0.29) is 16.9 Å². The van der Waals surface area contributed by atoms with Crippen molar-refractivity contribution >= 4 is 11.8 Å². The molecule has 1 spiro atoms. The minimum atomic E-state index is -0.373. The standard InChI is InChI=1S/C25H36N4O2/c30-22-24(12-17-27(22)19-21-9-3-6-14-26-21)13-18-28(20-24)23(31)25(10-4-1-5-11-25)29-15-7-2-8-16-29/h3,6,9,14H,1-2,4-5,7-8,10-13,15-20H2. The summed E-state index contributed by atoms with van der Waals surface area (Å²) >= 11 is 0. The fraction of sp³-hybridized carbons (Fsp3) is 0.720. The summed E-state index contributed by atoms with van der Waals surface area (Å²) < 4.78 is 0. The first-order valence-corrected chi connectivity index (χ1v) is 12.4. The first kappa shape index (κ1) is 20.9. The third-order valence-corrected chi connectivity index (χ3v) is 8.36. The predicted molar refractivity (Wildman–Crippen MR) is 119 cm³/mol. The second kappa shape index (κ2) is 8.53. The fourth-order valence-corrected chi connectivity index (χ4v) is 6.57. The van der Waals surface area contributed by atoms with Crippen molar-refractivity contribution in [1.29, 1.82) is 0 Å². The summed E-state index contributed by atoms with van der Waals surface area (Å²) in [4.78, 5) is 38.3. The number of carbonyl (C=O) groups is 2. The Morgan fingerprint density at radius 2 is 1.65 bits per heavy atom. The molecule has 1 aliphatic carbocycles. The Hall–Kier alpha value is -1.95. The Kier molecular flexibility index (Phi) is 5.76. The third kappa shape index (κ3) is 3.77. The van der Waals surface area contributed by atoms with Gasteiger partial charge in [-0.2, -0.15) is 0 Å². The molecule has 0 radical (unpaired) electrons. The van der Waals surface area contributed by atoms with E-state index >= 15 is 0 Å². The maximum atomic E-state index is 14.0. The van der Waals surface area contributed by atoms with E-state index in [4.69, 9.17) is 0 Å². The summed E-state index contributed by atoms with van der Waals surface area (Å²) in [6.45, 7) is 4.81. The van der Waals surface area contributed by atoms with Gasteiger partial charge in [0.05, 0.1) is 17.7 Å². The fourth-order valence-electron chi connectivity index (χ4n) is 6.57. The number of carbonyl (C=O) groups excluding carboxylic acids is 2. The van der Waals surface area contributed by atoms with Crippen LogP contribution in [0.3, 0.4) is 0 Å². The van der Waals surface area contributed by atoms with Gasteiger partial charge in [-0.05, 0) is 63.7 Å². The molecular weight excluding hydrogens is 388 g/mol. The highest BCUT2D eigenvalue weighted by molar-refractivity contribution is 5.90. The SMILES string of the molecule is O=C1N(Cc2ccccn2)CCC12CCN(C(=O)C1(N3CCCCC3)CCCCC1)C2. The number of amides is 2. The molecule has 4 aliphatic rings. The second-order valence-corrected chi connectivity index (χ2v) is 10.2. The molecule has 4 heterocycles. The van der Waals surface area contributed by atoms with Gasteiger partial charge in [-0.25, -0.2) is 0 Å². The zero-order valence-electron chi connectivity index (χ0n) is 18.7. The van der Waals surface area contributed by atoms with Crippen molar-refractivity contribution in [2.24, 2.45) is 5.41 Å². The van der Waals surface area contributed by atoms with E-state index in [1.807, 2.05) is 23.1 Å². The monoisotopic (exact) mass is 424 g/mol. The highest BCUT2D eigenvalue weighted by atomic mass is 16.2. The molecule has 0 bridgehead atoms. The van der Waals surface area contributed by atoms with Gasteiger partial charge in [0.25, 0.3) is 0 Å². The number of rotatable bonds is 4. The van der Waals surface area contributed by atoms with Crippen molar-refractivity contribution in [1.82, 2.24) is 19.7 Å². The molecule has 1 atom stereocenters. The molecule has 3 saturated heterocycles. The van der Waals surface area contributed by atoms with Crippen molar-refractivity contribution in [2.75, 3.05) is 32.7 Å². The molecule has 3 aliphatic heterocycles.